The standard InChI is InChI=1S/C15H28N4O4/c1-10(20)12(19-11(2)21)7-8-14(22)18-9-5-4-6-13(17-3)15(16)23/h12-13,17H,4-9H2,1-3H3,(H2,16,23)(H,18,22)(H,19,21). The van der Waals surface area contributed by atoms with Crippen molar-refractivity contribution in [2.24, 2.45) is 5.73 Å². The van der Waals surface area contributed by atoms with Gasteiger partial charge in [0.2, 0.25) is 17.7 Å². The fraction of sp³-hybridized carbons (Fsp3) is 0.733. The number of primary amides is 1. The first-order chi connectivity index (χ1) is 10.8. The molecular formula is C15H28N4O4. The van der Waals surface area contributed by atoms with Gasteiger partial charge in [-0.15, -0.1) is 0 Å². The number of rotatable bonds is 12. The topological polar surface area (TPSA) is 130 Å². The first kappa shape index (κ1) is 21.0. The van der Waals surface area contributed by atoms with E-state index in [0.717, 1.165) is 12.8 Å². The molecule has 0 rings (SSSR count). The molecule has 0 saturated heterocycles. The summed E-state index contributed by atoms with van der Waals surface area (Å²) in [4.78, 5) is 45.0. The van der Waals surface area contributed by atoms with Gasteiger partial charge in [-0.25, -0.2) is 0 Å². The zero-order valence-corrected chi connectivity index (χ0v) is 14.1. The van der Waals surface area contributed by atoms with E-state index in [2.05, 4.69) is 16.0 Å². The number of Topliss-reactive ketones (excluding diaryl/α,β-unsaturated/α-hetero) is 1. The molecule has 0 aromatic heterocycles. The Balaban J connectivity index is 3.88. The Labute approximate surface area is 136 Å². The predicted molar refractivity (Wildman–Crippen MR) is 86.4 cm³/mol. The summed E-state index contributed by atoms with van der Waals surface area (Å²) in [6.07, 6.45) is 2.57. The highest BCUT2D eigenvalue weighted by Gasteiger charge is 2.16. The van der Waals surface area contributed by atoms with E-state index in [-0.39, 0.29) is 42.4 Å². The molecule has 0 aromatic carbocycles. The maximum Gasteiger partial charge on any atom is 0.234 e. The molecule has 0 bridgehead atoms. The number of ketones is 1. The van der Waals surface area contributed by atoms with Crippen LogP contribution in [0.3, 0.4) is 0 Å². The Morgan fingerprint density at radius 1 is 1.00 bits per heavy atom. The number of likely N-dealkylation sites (N-methyl/N-ethyl adjacent to an activating group) is 1. The molecule has 0 aliphatic carbocycles. The van der Waals surface area contributed by atoms with E-state index in [1.54, 1.807) is 7.05 Å². The van der Waals surface area contributed by atoms with Crippen molar-refractivity contribution in [1.82, 2.24) is 16.0 Å². The molecule has 8 heteroatoms. The third-order valence-corrected chi connectivity index (χ3v) is 3.46. The number of carbonyl (C=O) groups excluding carboxylic acids is 4. The molecule has 0 aliphatic heterocycles. The second kappa shape index (κ2) is 11.6. The number of hydrogen-bond donors (Lipinski definition) is 4. The summed E-state index contributed by atoms with van der Waals surface area (Å²) in [6.45, 7) is 3.22. The number of amides is 3. The highest BCUT2D eigenvalue weighted by atomic mass is 16.2. The van der Waals surface area contributed by atoms with Crippen LogP contribution in [0.15, 0.2) is 0 Å². The summed E-state index contributed by atoms with van der Waals surface area (Å²) in [7, 11) is 1.68. The van der Waals surface area contributed by atoms with E-state index in [4.69, 9.17) is 5.73 Å². The van der Waals surface area contributed by atoms with Crippen molar-refractivity contribution in [3.63, 3.8) is 0 Å². The lowest BCUT2D eigenvalue weighted by molar-refractivity contribution is -0.126. The van der Waals surface area contributed by atoms with Crippen LogP contribution in [0, 0.1) is 0 Å². The molecule has 0 aromatic rings. The van der Waals surface area contributed by atoms with E-state index in [0.29, 0.717) is 13.0 Å². The zero-order valence-electron chi connectivity index (χ0n) is 14.1. The quantitative estimate of drug-likeness (QED) is 0.349. The van der Waals surface area contributed by atoms with Gasteiger partial charge >= 0.3 is 0 Å². The van der Waals surface area contributed by atoms with Crippen LogP contribution in [0.4, 0.5) is 0 Å². The Kier molecular flexibility index (Phi) is 10.6. The van der Waals surface area contributed by atoms with E-state index in [9.17, 15) is 19.2 Å². The molecule has 3 amide bonds. The molecule has 5 N–H and O–H groups in total. The summed E-state index contributed by atoms with van der Waals surface area (Å²) in [6, 6.07) is -0.968. The van der Waals surface area contributed by atoms with Crippen molar-refractivity contribution in [3.05, 3.63) is 0 Å². The van der Waals surface area contributed by atoms with Gasteiger partial charge in [-0.1, -0.05) is 0 Å². The average Bonchev–Trinajstić information content (AvgIpc) is 2.46. The number of hydrogen-bond acceptors (Lipinski definition) is 5. The number of carbonyl (C=O) groups is 4. The third-order valence-electron chi connectivity index (χ3n) is 3.46. The van der Waals surface area contributed by atoms with Crippen LogP contribution in [0.2, 0.25) is 0 Å². The smallest absolute Gasteiger partial charge is 0.234 e. The summed E-state index contributed by atoms with van der Waals surface area (Å²) < 4.78 is 0. The van der Waals surface area contributed by atoms with Crippen LogP contribution >= 0.6 is 0 Å². The first-order valence-electron chi connectivity index (χ1n) is 7.78. The second-order valence-electron chi connectivity index (χ2n) is 5.49. The minimum absolute atomic E-state index is 0.165. The molecule has 2 unspecified atom stereocenters. The molecule has 0 spiro atoms. The maximum atomic E-state index is 11.7. The van der Waals surface area contributed by atoms with Gasteiger partial charge in [0, 0.05) is 19.9 Å². The van der Waals surface area contributed by atoms with Gasteiger partial charge < -0.3 is 21.7 Å². The van der Waals surface area contributed by atoms with Crippen LogP contribution in [0.5, 0.6) is 0 Å². The number of nitrogens with one attached hydrogen (secondary N) is 3. The lowest BCUT2D eigenvalue weighted by Gasteiger charge is -2.14. The van der Waals surface area contributed by atoms with E-state index in [1.807, 2.05) is 0 Å². The summed E-state index contributed by atoms with van der Waals surface area (Å²) >= 11 is 0. The van der Waals surface area contributed by atoms with E-state index < -0.39 is 6.04 Å². The highest BCUT2D eigenvalue weighted by molar-refractivity contribution is 5.87. The molecule has 0 aliphatic rings. The van der Waals surface area contributed by atoms with Crippen molar-refractivity contribution < 1.29 is 19.2 Å². The Morgan fingerprint density at radius 3 is 2.13 bits per heavy atom. The normalized spacial score (nSPS) is 13.0. The van der Waals surface area contributed by atoms with Crippen LogP contribution in [-0.4, -0.2) is 49.2 Å². The van der Waals surface area contributed by atoms with E-state index in [1.165, 1.54) is 13.8 Å². The largest absolute Gasteiger partial charge is 0.368 e. The molecule has 8 nitrogen and oxygen atoms in total. The Hall–Kier alpha value is -1.96. The number of nitrogens with two attached hydrogens (primary N) is 1. The van der Waals surface area contributed by atoms with Crippen molar-refractivity contribution >= 4 is 23.5 Å². The van der Waals surface area contributed by atoms with Gasteiger partial charge in [0.1, 0.15) is 0 Å². The predicted octanol–water partition coefficient (Wildman–Crippen LogP) is -0.780. The fourth-order valence-electron chi connectivity index (χ4n) is 2.12. The van der Waals surface area contributed by atoms with Gasteiger partial charge in [-0.05, 0) is 39.7 Å². The van der Waals surface area contributed by atoms with Crippen LogP contribution in [-0.2, 0) is 19.2 Å². The van der Waals surface area contributed by atoms with Gasteiger partial charge in [0.05, 0.1) is 12.1 Å². The molecule has 23 heavy (non-hydrogen) atoms. The minimum atomic E-state index is -0.620. The highest BCUT2D eigenvalue weighted by Crippen LogP contribution is 2.01. The second-order valence-corrected chi connectivity index (χ2v) is 5.49. The Bertz CT molecular complexity index is 426. The average molecular weight is 328 g/mol. The van der Waals surface area contributed by atoms with Gasteiger partial charge in [0.25, 0.3) is 0 Å². The molecule has 0 heterocycles. The van der Waals surface area contributed by atoms with Crippen molar-refractivity contribution in [2.75, 3.05) is 13.6 Å². The van der Waals surface area contributed by atoms with Gasteiger partial charge in [0.15, 0.2) is 5.78 Å². The minimum Gasteiger partial charge on any atom is -0.368 e. The fourth-order valence-corrected chi connectivity index (χ4v) is 2.12. The third kappa shape index (κ3) is 10.4. The van der Waals surface area contributed by atoms with Crippen LogP contribution in [0.25, 0.3) is 0 Å². The molecule has 2 atom stereocenters. The lowest BCUT2D eigenvalue weighted by atomic mass is 10.1. The Morgan fingerprint density at radius 2 is 1.65 bits per heavy atom. The molecule has 0 radical (unpaired) electrons. The molecule has 0 saturated carbocycles. The summed E-state index contributed by atoms with van der Waals surface area (Å²) in [5.74, 6) is -1.01. The molecule has 132 valence electrons. The summed E-state index contributed by atoms with van der Waals surface area (Å²) in [5.41, 5.74) is 5.21. The van der Waals surface area contributed by atoms with Gasteiger partial charge in [-0.3, -0.25) is 19.2 Å². The van der Waals surface area contributed by atoms with Crippen LogP contribution < -0.4 is 21.7 Å². The maximum absolute atomic E-state index is 11.7. The molecule has 0 fully saturated rings. The van der Waals surface area contributed by atoms with Crippen molar-refractivity contribution in [2.45, 2.75) is 58.0 Å². The number of unbranched alkanes of at least 4 members (excludes halogenated alkanes) is 1. The SMILES string of the molecule is CNC(CCCCNC(=O)CCC(NC(C)=O)C(C)=O)C(N)=O. The molecular weight excluding hydrogens is 300 g/mol. The summed E-state index contributed by atoms with van der Waals surface area (Å²) in [5, 5.41) is 8.10. The zero-order chi connectivity index (χ0) is 17.8. The first-order valence-corrected chi connectivity index (χ1v) is 7.78. The van der Waals surface area contributed by atoms with E-state index >= 15 is 0 Å². The van der Waals surface area contributed by atoms with Crippen LogP contribution in [0.1, 0.15) is 46.0 Å². The van der Waals surface area contributed by atoms with Crippen molar-refractivity contribution in [1.29, 1.82) is 0 Å². The van der Waals surface area contributed by atoms with Crippen molar-refractivity contribution in [3.8, 4) is 0 Å². The monoisotopic (exact) mass is 328 g/mol. The lowest BCUT2D eigenvalue weighted by Crippen LogP contribution is -2.39. The van der Waals surface area contributed by atoms with Gasteiger partial charge in [-0.2, -0.15) is 0 Å².